The van der Waals surface area contributed by atoms with Crippen LogP contribution in [0.15, 0.2) is 42.6 Å². The molecule has 1 N–H and O–H groups in total. The fraction of sp³-hybridized carbons (Fsp3) is 0.0769. The summed E-state index contributed by atoms with van der Waals surface area (Å²) in [5.74, 6) is -0.275. The van der Waals surface area contributed by atoms with Crippen molar-refractivity contribution in [2.75, 3.05) is 7.11 Å². The second-order valence-corrected chi connectivity index (χ2v) is 3.47. The standard InChI is InChI=1S/C13H11NO3/c1-17-13(16)10-4-2-3-9(7-10)12-6-5-11(15)8-14-12/h2-8,15H,1H3. The molecule has 1 aromatic heterocycles. The number of aromatic hydroxyl groups is 1. The van der Waals surface area contributed by atoms with E-state index in [0.717, 1.165) is 5.56 Å². The molecule has 1 aromatic carbocycles. The first-order valence-corrected chi connectivity index (χ1v) is 5.04. The number of ether oxygens (including phenoxy) is 1. The van der Waals surface area contributed by atoms with Crippen LogP contribution in [-0.2, 0) is 4.74 Å². The minimum absolute atomic E-state index is 0.109. The van der Waals surface area contributed by atoms with Crippen molar-refractivity contribution in [1.29, 1.82) is 0 Å². The quantitative estimate of drug-likeness (QED) is 0.802. The third-order valence-electron chi connectivity index (χ3n) is 2.33. The van der Waals surface area contributed by atoms with Gasteiger partial charge >= 0.3 is 5.97 Å². The van der Waals surface area contributed by atoms with E-state index >= 15 is 0 Å². The van der Waals surface area contributed by atoms with Crippen molar-refractivity contribution in [3.63, 3.8) is 0 Å². The average Bonchev–Trinajstić information content (AvgIpc) is 2.39. The first kappa shape index (κ1) is 11.1. The number of aromatic nitrogens is 1. The smallest absolute Gasteiger partial charge is 0.337 e. The molecule has 1 heterocycles. The van der Waals surface area contributed by atoms with E-state index in [-0.39, 0.29) is 11.7 Å². The molecule has 86 valence electrons. The topological polar surface area (TPSA) is 59.4 Å². The SMILES string of the molecule is COC(=O)c1cccc(-c2ccc(O)cn2)c1. The molecule has 2 rings (SSSR count). The lowest BCUT2D eigenvalue weighted by atomic mass is 10.1. The van der Waals surface area contributed by atoms with E-state index in [2.05, 4.69) is 9.72 Å². The summed E-state index contributed by atoms with van der Waals surface area (Å²) in [6.45, 7) is 0. The Bertz CT molecular complexity index is 535. The lowest BCUT2D eigenvalue weighted by molar-refractivity contribution is 0.0601. The number of pyridine rings is 1. The highest BCUT2D eigenvalue weighted by molar-refractivity contribution is 5.90. The van der Waals surface area contributed by atoms with Crippen LogP contribution in [0.5, 0.6) is 5.75 Å². The highest BCUT2D eigenvalue weighted by atomic mass is 16.5. The molecule has 0 amide bonds. The predicted molar refractivity (Wildman–Crippen MR) is 62.7 cm³/mol. The van der Waals surface area contributed by atoms with Crippen LogP contribution in [0.25, 0.3) is 11.3 Å². The summed E-state index contributed by atoms with van der Waals surface area (Å²) in [4.78, 5) is 15.4. The minimum Gasteiger partial charge on any atom is -0.506 e. The normalized spacial score (nSPS) is 9.94. The summed E-state index contributed by atoms with van der Waals surface area (Å²) >= 11 is 0. The highest BCUT2D eigenvalue weighted by Crippen LogP contribution is 2.20. The second kappa shape index (κ2) is 4.65. The van der Waals surface area contributed by atoms with E-state index < -0.39 is 0 Å². The monoisotopic (exact) mass is 229 g/mol. The van der Waals surface area contributed by atoms with Crippen molar-refractivity contribution in [2.24, 2.45) is 0 Å². The molecular weight excluding hydrogens is 218 g/mol. The number of nitrogens with zero attached hydrogens (tertiary/aromatic N) is 1. The fourth-order valence-electron chi connectivity index (χ4n) is 1.48. The predicted octanol–water partition coefficient (Wildman–Crippen LogP) is 2.24. The summed E-state index contributed by atoms with van der Waals surface area (Å²) in [6, 6.07) is 10.2. The van der Waals surface area contributed by atoms with Gasteiger partial charge in [-0.1, -0.05) is 12.1 Å². The van der Waals surface area contributed by atoms with Crippen molar-refractivity contribution < 1.29 is 14.6 Å². The summed E-state index contributed by atoms with van der Waals surface area (Å²) in [5, 5.41) is 9.15. The number of carbonyl (C=O) groups is 1. The van der Waals surface area contributed by atoms with Crippen LogP contribution < -0.4 is 0 Å². The number of benzene rings is 1. The third kappa shape index (κ3) is 2.42. The van der Waals surface area contributed by atoms with Crippen molar-refractivity contribution in [3.05, 3.63) is 48.2 Å². The van der Waals surface area contributed by atoms with Gasteiger partial charge in [-0.3, -0.25) is 4.98 Å². The Hall–Kier alpha value is -2.36. The van der Waals surface area contributed by atoms with Crippen LogP contribution in [0.1, 0.15) is 10.4 Å². The Morgan fingerprint density at radius 3 is 2.76 bits per heavy atom. The summed E-state index contributed by atoms with van der Waals surface area (Å²) in [5.41, 5.74) is 1.96. The Kier molecular flexibility index (Phi) is 3.05. The van der Waals surface area contributed by atoms with Crippen molar-refractivity contribution >= 4 is 5.97 Å². The van der Waals surface area contributed by atoms with Gasteiger partial charge in [-0.05, 0) is 24.3 Å². The van der Waals surface area contributed by atoms with Gasteiger partial charge in [-0.2, -0.15) is 0 Å². The average molecular weight is 229 g/mol. The van der Waals surface area contributed by atoms with Crippen LogP contribution in [-0.4, -0.2) is 23.2 Å². The maximum absolute atomic E-state index is 11.4. The lowest BCUT2D eigenvalue weighted by Crippen LogP contribution is -2.00. The fourth-order valence-corrected chi connectivity index (χ4v) is 1.48. The first-order chi connectivity index (χ1) is 8.20. The van der Waals surface area contributed by atoms with Crippen LogP contribution in [0.3, 0.4) is 0 Å². The van der Waals surface area contributed by atoms with Gasteiger partial charge in [0.05, 0.1) is 24.6 Å². The molecule has 0 radical (unpaired) electrons. The molecule has 0 unspecified atom stereocenters. The zero-order chi connectivity index (χ0) is 12.3. The Morgan fingerprint density at radius 1 is 1.29 bits per heavy atom. The zero-order valence-corrected chi connectivity index (χ0v) is 9.25. The van der Waals surface area contributed by atoms with Gasteiger partial charge in [-0.25, -0.2) is 4.79 Å². The zero-order valence-electron chi connectivity index (χ0n) is 9.25. The number of carbonyl (C=O) groups excluding carboxylic acids is 1. The summed E-state index contributed by atoms with van der Waals surface area (Å²) in [7, 11) is 1.34. The molecule has 0 bridgehead atoms. The van der Waals surface area contributed by atoms with Crippen molar-refractivity contribution in [1.82, 2.24) is 4.98 Å². The van der Waals surface area contributed by atoms with E-state index in [9.17, 15) is 4.79 Å². The lowest BCUT2D eigenvalue weighted by Gasteiger charge is -2.03. The number of rotatable bonds is 2. The maximum atomic E-state index is 11.4. The molecule has 2 aromatic rings. The van der Waals surface area contributed by atoms with Gasteiger partial charge in [0.15, 0.2) is 0 Å². The van der Waals surface area contributed by atoms with Crippen LogP contribution >= 0.6 is 0 Å². The molecule has 0 aliphatic heterocycles. The van der Waals surface area contributed by atoms with Gasteiger partial charge in [0.25, 0.3) is 0 Å². The van der Waals surface area contributed by atoms with Crippen LogP contribution in [0, 0.1) is 0 Å². The highest BCUT2D eigenvalue weighted by Gasteiger charge is 2.07. The van der Waals surface area contributed by atoms with E-state index in [0.29, 0.717) is 11.3 Å². The Balaban J connectivity index is 2.39. The van der Waals surface area contributed by atoms with Gasteiger partial charge in [-0.15, -0.1) is 0 Å². The molecule has 4 nitrogen and oxygen atoms in total. The number of esters is 1. The van der Waals surface area contributed by atoms with Gasteiger partial charge < -0.3 is 9.84 Å². The van der Waals surface area contributed by atoms with Crippen LogP contribution in [0.4, 0.5) is 0 Å². The molecule has 0 aliphatic rings. The molecule has 0 fully saturated rings. The van der Waals surface area contributed by atoms with Gasteiger partial charge in [0, 0.05) is 5.56 Å². The number of hydrogen-bond acceptors (Lipinski definition) is 4. The first-order valence-electron chi connectivity index (χ1n) is 5.04. The van der Waals surface area contributed by atoms with E-state index in [1.165, 1.54) is 13.3 Å². The largest absolute Gasteiger partial charge is 0.506 e. The molecular formula is C13H11NO3. The molecule has 0 saturated carbocycles. The minimum atomic E-state index is -0.384. The molecule has 0 atom stereocenters. The van der Waals surface area contributed by atoms with Gasteiger partial charge in [0.1, 0.15) is 5.75 Å². The maximum Gasteiger partial charge on any atom is 0.337 e. The van der Waals surface area contributed by atoms with Crippen molar-refractivity contribution in [3.8, 4) is 17.0 Å². The molecule has 17 heavy (non-hydrogen) atoms. The molecule has 0 aliphatic carbocycles. The summed E-state index contributed by atoms with van der Waals surface area (Å²) in [6.07, 6.45) is 1.36. The molecule has 0 spiro atoms. The number of hydrogen-bond donors (Lipinski definition) is 1. The van der Waals surface area contributed by atoms with E-state index in [4.69, 9.17) is 5.11 Å². The Morgan fingerprint density at radius 2 is 2.12 bits per heavy atom. The van der Waals surface area contributed by atoms with E-state index in [1.807, 2.05) is 6.07 Å². The third-order valence-corrected chi connectivity index (χ3v) is 2.33. The van der Waals surface area contributed by atoms with E-state index in [1.54, 1.807) is 30.3 Å². The van der Waals surface area contributed by atoms with Crippen LogP contribution in [0.2, 0.25) is 0 Å². The molecule has 0 saturated heterocycles. The van der Waals surface area contributed by atoms with Gasteiger partial charge in [0.2, 0.25) is 0 Å². The number of methoxy groups -OCH3 is 1. The second-order valence-electron chi connectivity index (χ2n) is 3.47. The Labute approximate surface area is 98.5 Å². The molecule has 4 heteroatoms. The summed E-state index contributed by atoms with van der Waals surface area (Å²) < 4.78 is 4.65. The van der Waals surface area contributed by atoms with Crippen molar-refractivity contribution in [2.45, 2.75) is 0 Å².